The second-order valence-corrected chi connectivity index (χ2v) is 9.82. The van der Waals surface area contributed by atoms with Crippen LogP contribution in [0.15, 0.2) is 18.3 Å². The first-order valence-corrected chi connectivity index (χ1v) is 13.2. The van der Waals surface area contributed by atoms with Crippen LogP contribution < -0.4 is 15.5 Å². The maximum absolute atomic E-state index is 12.7. The third kappa shape index (κ3) is 6.69. The number of piperazine rings is 1. The van der Waals surface area contributed by atoms with Crippen molar-refractivity contribution in [1.29, 1.82) is 0 Å². The van der Waals surface area contributed by atoms with E-state index in [-0.39, 0.29) is 13.2 Å². The Kier molecular flexibility index (Phi) is 8.24. The van der Waals surface area contributed by atoms with Crippen LogP contribution in [0.5, 0.6) is 0 Å². The van der Waals surface area contributed by atoms with E-state index in [2.05, 4.69) is 25.4 Å². The minimum absolute atomic E-state index is 0.138. The zero-order valence-corrected chi connectivity index (χ0v) is 21.6. The van der Waals surface area contributed by atoms with Crippen LogP contribution in [-0.4, -0.2) is 88.3 Å². The summed E-state index contributed by atoms with van der Waals surface area (Å²) in [7, 11) is 0. The molecule has 0 bridgehead atoms. The van der Waals surface area contributed by atoms with Crippen molar-refractivity contribution in [1.82, 2.24) is 34.9 Å². The molecule has 0 aromatic carbocycles. The van der Waals surface area contributed by atoms with Crippen molar-refractivity contribution >= 4 is 28.6 Å². The lowest BCUT2D eigenvalue weighted by Crippen LogP contribution is -2.44. The van der Waals surface area contributed by atoms with E-state index in [1.54, 1.807) is 10.9 Å². The van der Waals surface area contributed by atoms with Gasteiger partial charge in [0.25, 0.3) is 0 Å². The van der Waals surface area contributed by atoms with Gasteiger partial charge in [-0.25, -0.2) is 9.97 Å². The van der Waals surface area contributed by atoms with E-state index in [4.69, 9.17) is 19.8 Å². The summed E-state index contributed by atoms with van der Waals surface area (Å²) in [6.07, 6.45) is 0.830. The molecule has 0 atom stereocenters. The van der Waals surface area contributed by atoms with Crippen molar-refractivity contribution in [2.75, 3.05) is 62.7 Å². The van der Waals surface area contributed by atoms with Gasteiger partial charge in [0.15, 0.2) is 5.82 Å². The number of aromatic nitrogens is 5. The Hall–Kier alpha value is -3.03. The molecule has 0 radical (unpaired) electrons. The van der Waals surface area contributed by atoms with Crippen molar-refractivity contribution in [3.8, 4) is 0 Å². The van der Waals surface area contributed by atoms with Crippen LogP contribution in [-0.2, 0) is 17.8 Å². The third-order valence-electron chi connectivity index (χ3n) is 6.74. The zero-order chi connectivity index (χ0) is 26.5. The number of likely N-dealkylation sites (tertiary alicyclic amines) is 1. The molecule has 2 fully saturated rings. The smallest absolute Gasteiger partial charge is 0.370 e. The number of fused-ring (bicyclic) bond motifs is 1. The largest absolute Gasteiger partial charge is 0.411 e. The molecule has 5 heterocycles. The van der Waals surface area contributed by atoms with Gasteiger partial charge in [0.1, 0.15) is 29.2 Å². The molecule has 38 heavy (non-hydrogen) atoms. The Morgan fingerprint density at radius 3 is 2.61 bits per heavy atom. The summed E-state index contributed by atoms with van der Waals surface area (Å²) in [5.74, 6) is 1.74. The summed E-state index contributed by atoms with van der Waals surface area (Å²) in [4.78, 5) is 18.8. The van der Waals surface area contributed by atoms with Gasteiger partial charge in [-0.05, 0) is 50.6 Å². The fourth-order valence-electron chi connectivity index (χ4n) is 4.89. The molecule has 3 aromatic rings. The van der Waals surface area contributed by atoms with Crippen LogP contribution in [0.4, 0.5) is 30.8 Å². The lowest BCUT2D eigenvalue weighted by atomic mass is 10.1. The summed E-state index contributed by atoms with van der Waals surface area (Å²) in [6, 6.07) is 3.83. The molecule has 0 unspecified atom stereocenters. The number of anilines is 3. The Morgan fingerprint density at radius 2 is 1.87 bits per heavy atom. The van der Waals surface area contributed by atoms with Crippen molar-refractivity contribution in [2.45, 2.75) is 45.5 Å². The average molecular weight is 534 g/mol. The number of halogens is 3. The minimum atomic E-state index is -4.38. The molecule has 0 amide bonds. The molecule has 13 heteroatoms. The molecule has 3 aromatic heterocycles. The van der Waals surface area contributed by atoms with Crippen LogP contribution in [0.1, 0.15) is 30.5 Å². The predicted octanol–water partition coefficient (Wildman–Crippen LogP) is 3.25. The number of piperidine rings is 1. The Balaban J connectivity index is 1.55. The van der Waals surface area contributed by atoms with E-state index in [0.717, 1.165) is 63.4 Å². The number of ether oxygens (including phenoxy) is 1. The van der Waals surface area contributed by atoms with Crippen LogP contribution in [0.3, 0.4) is 0 Å². The van der Waals surface area contributed by atoms with E-state index < -0.39 is 12.8 Å². The van der Waals surface area contributed by atoms with E-state index in [0.29, 0.717) is 35.2 Å². The molecule has 2 aliphatic rings. The highest BCUT2D eigenvalue weighted by Crippen LogP contribution is 2.30. The van der Waals surface area contributed by atoms with Gasteiger partial charge in [0, 0.05) is 38.9 Å². The van der Waals surface area contributed by atoms with Crippen LogP contribution in [0, 0.1) is 6.92 Å². The summed E-state index contributed by atoms with van der Waals surface area (Å²) >= 11 is 0. The van der Waals surface area contributed by atoms with Crippen molar-refractivity contribution in [3.05, 3.63) is 29.6 Å². The van der Waals surface area contributed by atoms with Crippen molar-refractivity contribution in [3.63, 3.8) is 0 Å². The number of pyridine rings is 1. The first-order chi connectivity index (χ1) is 18.4. The molecule has 0 saturated carbocycles. The lowest BCUT2D eigenvalue weighted by Gasteiger charge is -2.28. The predicted molar refractivity (Wildman–Crippen MR) is 139 cm³/mol. The maximum atomic E-state index is 12.7. The van der Waals surface area contributed by atoms with E-state index in [1.807, 2.05) is 19.1 Å². The van der Waals surface area contributed by atoms with Gasteiger partial charge in [-0.15, -0.1) is 0 Å². The van der Waals surface area contributed by atoms with E-state index in [1.165, 1.54) is 6.42 Å². The summed E-state index contributed by atoms with van der Waals surface area (Å²) in [6.45, 7) is 6.48. The number of rotatable bonds is 9. The highest BCUT2D eigenvalue weighted by atomic mass is 19.4. The first-order valence-electron chi connectivity index (χ1n) is 13.2. The molecule has 2 N–H and O–H groups in total. The molecule has 0 aliphatic carbocycles. The van der Waals surface area contributed by atoms with Crippen LogP contribution >= 0.6 is 0 Å². The second-order valence-electron chi connectivity index (χ2n) is 9.82. The van der Waals surface area contributed by atoms with Gasteiger partial charge in [0.2, 0.25) is 5.95 Å². The number of alkyl halides is 3. The van der Waals surface area contributed by atoms with Crippen molar-refractivity contribution < 1.29 is 17.9 Å². The first kappa shape index (κ1) is 26.6. The minimum Gasteiger partial charge on any atom is -0.370 e. The van der Waals surface area contributed by atoms with E-state index >= 15 is 0 Å². The summed E-state index contributed by atoms with van der Waals surface area (Å²) < 4.78 is 44.6. The van der Waals surface area contributed by atoms with Crippen LogP contribution in [0.2, 0.25) is 0 Å². The van der Waals surface area contributed by atoms with Gasteiger partial charge in [-0.2, -0.15) is 23.3 Å². The normalized spacial score (nSPS) is 17.3. The van der Waals surface area contributed by atoms with Gasteiger partial charge in [-0.3, -0.25) is 9.58 Å². The average Bonchev–Trinajstić information content (AvgIpc) is 3.24. The van der Waals surface area contributed by atoms with Crippen molar-refractivity contribution in [2.24, 2.45) is 0 Å². The fourth-order valence-corrected chi connectivity index (χ4v) is 4.89. The quantitative estimate of drug-likeness (QED) is 0.402. The topological polar surface area (TPSA) is 96.3 Å². The van der Waals surface area contributed by atoms with Gasteiger partial charge >= 0.3 is 6.18 Å². The Bertz CT molecular complexity index is 1220. The zero-order valence-electron chi connectivity index (χ0n) is 21.6. The maximum Gasteiger partial charge on any atom is 0.411 e. The lowest BCUT2D eigenvalue weighted by molar-refractivity contribution is -0.174. The van der Waals surface area contributed by atoms with Crippen LogP contribution in [0.25, 0.3) is 11.0 Å². The van der Waals surface area contributed by atoms with Gasteiger partial charge in [-0.1, -0.05) is 6.42 Å². The monoisotopic (exact) mass is 533 g/mol. The second kappa shape index (κ2) is 11.8. The Morgan fingerprint density at radius 1 is 1.08 bits per heavy atom. The number of nitrogens with zero attached hydrogens (tertiary/aromatic N) is 7. The molecular weight excluding hydrogens is 499 g/mol. The number of hydrogen-bond acceptors (Lipinski definition) is 9. The summed E-state index contributed by atoms with van der Waals surface area (Å²) in [5.41, 5.74) is 3.16. The van der Waals surface area contributed by atoms with Gasteiger partial charge in [0.05, 0.1) is 13.2 Å². The van der Waals surface area contributed by atoms with Gasteiger partial charge < -0.3 is 20.3 Å². The number of nitrogens with one attached hydrogen (secondary N) is 2. The molecule has 10 nitrogen and oxygen atoms in total. The van der Waals surface area contributed by atoms with E-state index in [9.17, 15) is 13.2 Å². The molecule has 206 valence electrons. The highest BCUT2D eigenvalue weighted by Gasteiger charge is 2.28. The molecule has 0 spiro atoms. The number of aryl methyl sites for hydroxylation is 1. The highest BCUT2D eigenvalue weighted by molar-refractivity contribution is 5.90. The standard InChI is InChI=1S/C25H34F3N9O/c1-18-5-6-30-20(15-18)31-23-22-21(32-24(33-23)36-11-7-29-8-12-36)19(16-35-9-3-2-4-10-35)34-37(22)13-14-38-17-25(26,27)28/h5-6,15,29H,2-4,7-14,16-17H2,1H3,(H,30,31,32,33). The summed E-state index contributed by atoms with van der Waals surface area (Å²) in [5, 5.41) is 11.5. The Labute approximate surface area is 219 Å². The fraction of sp³-hybridized carbons (Fsp3) is 0.600. The molecule has 5 rings (SSSR count). The molecule has 2 saturated heterocycles. The number of hydrogen-bond donors (Lipinski definition) is 2. The molecular formula is C25H34F3N9O. The third-order valence-corrected chi connectivity index (χ3v) is 6.74. The SMILES string of the molecule is Cc1ccnc(Nc2nc(N3CCNCC3)nc3c(CN4CCCCC4)nn(CCOCC(F)(F)F)c23)c1. The molecule has 2 aliphatic heterocycles.